The Kier molecular flexibility index (Phi) is 3.14. The lowest BCUT2D eigenvalue weighted by Gasteiger charge is -2.43. The molecule has 2 atom stereocenters. The Morgan fingerprint density at radius 1 is 1.47 bits per heavy atom. The number of carbonyl (C=O) groups is 1. The number of pyridine rings is 1. The van der Waals surface area contributed by atoms with E-state index in [1.165, 1.54) is 19.4 Å². The highest BCUT2D eigenvalue weighted by Crippen LogP contribution is 2.30. The Balaban J connectivity index is 1.91. The molecule has 2 aliphatic heterocycles. The van der Waals surface area contributed by atoms with Crippen LogP contribution in [0.3, 0.4) is 0 Å². The molecule has 0 bridgehead atoms. The summed E-state index contributed by atoms with van der Waals surface area (Å²) >= 11 is 0. The third-order valence-corrected chi connectivity index (χ3v) is 4.28. The van der Waals surface area contributed by atoms with Crippen LogP contribution < -0.4 is 4.90 Å². The molecule has 0 aromatic carbocycles. The minimum Gasteiger partial charge on any atom is -0.478 e. The highest BCUT2D eigenvalue weighted by molar-refractivity contribution is 5.94. The van der Waals surface area contributed by atoms with Crippen molar-refractivity contribution in [1.82, 2.24) is 9.88 Å². The van der Waals surface area contributed by atoms with E-state index in [9.17, 15) is 9.90 Å². The van der Waals surface area contributed by atoms with Crippen LogP contribution in [0.15, 0.2) is 18.5 Å². The SMILES string of the molecule is CC1CN2CCCC2CN1c1cnccc1C(=O)O. The van der Waals surface area contributed by atoms with Crippen molar-refractivity contribution in [2.75, 3.05) is 24.5 Å². The van der Waals surface area contributed by atoms with E-state index >= 15 is 0 Å². The van der Waals surface area contributed by atoms with E-state index in [0.717, 1.165) is 18.8 Å². The third kappa shape index (κ3) is 2.18. The standard InChI is InChI=1S/C14H19N3O2/c1-10-8-16-6-2-3-11(16)9-17(10)13-7-15-5-4-12(13)14(18)19/h4-5,7,10-11H,2-3,6,8-9H2,1H3,(H,18,19). The molecule has 0 saturated carbocycles. The van der Waals surface area contributed by atoms with Gasteiger partial charge in [-0.15, -0.1) is 0 Å². The first-order valence-corrected chi connectivity index (χ1v) is 6.85. The largest absolute Gasteiger partial charge is 0.478 e. The molecule has 19 heavy (non-hydrogen) atoms. The van der Waals surface area contributed by atoms with E-state index in [1.807, 2.05) is 0 Å². The van der Waals surface area contributed by atoms with Crippen LogP contribution in [0.2, 0.25) is 0 Å². The van der Waals surface area contributed by atoms with Gasteiger partial charge in [0.1, 0.15) is 0 Å². The smallest absolute Gasteiger partial charge is 0.337 e. The average Bonchev–Trinajstić information content (AvgIpc) is 2.84. The Labute approximate surface area is 112 Å². The number of aromatic nitrogens is 1. The van der Waals surface area contributed by atoms with Crippen molar-refractivity contribution in [3.05, 3.63) is 24.0 Å². The lowest BCUT2D eigenvalue weighted by Crippen LogP contribution is -2.55. The molecular weight excluding hydrogens is 242 g/mol. The molecule has 3 rings (SSSR count). The van der Waals surface area contributed by atoms with Gasteiger partial charge in [-0.1, -0.05) is 0 Å². The van der Waals surface area contributed by atoms with Gasteiger partial charge in [0.15, 0.2) is 0 Å². The number of rotatable bonds is 2. The summed E-state index contributed by atoms with van der Waals surface area (Å²) < 4.78 is 0. The Morgan fingerprint density at radius 3 is 3.11 bits per heavy atom. The average molecular weight is 261 g/mol. The maximum absolute atomic E-state index is 11.3. The molecule has 0 amide bonds. The number of piperazine rings is 1. The van der Waals surface area contributed by atoms with Crippen molar-refractivity contribution in [3.63, 3.8) is 0 Å². The third-order valence-electron chi connectivity index (χ3n) is 4.28. The highest BCUT2D eigenvalue weighted by atomic mass is 16.4. The van der Waals surface area contributed by atoms with Gasteiger partial charge in [-0.3, -0.25) is 9.88 Å². The molecule has 0 spiro atoms. The van der Waals surface area contributed by atoms with E-state index in [-0.39, 0.29) is 0 Å². The van der Waals surface area contributed by atoms with Crippen LogP contribution in [0.5, 0.6) is 0 Å². The summed E-state index contributed by atoms with van der Waals surface area (Å²) in [7, 11) is 0. The van der Waals surface area contributed by atoms with Crippen molar-refractivity contribution in [1.29, 1.82) is 0 Å². The lowest BCUT2D eigenvalue weighted by molar-refractivity contribution is 0.0697. The van der Waals surface area contributed by atoms with Crippen LogP contribution in [-0.2, 0) is 0 Å². The fraction of sp³-hybridized carbons (Fsp3) is 0.571. The van der Waals surface area contributed by atoms with Gasteiger partial charge in [-0.25, -0.2) is 4.79 Å². The molecule has 1 N–H and O–H groups in total. The molecule has 2 saturated heterocycles. The molecule has 3 heterocycles. The number of hydrogen-bond donors (Lipinski definition) is 1. The molecule has 5 heteroatoms. The van der Waals surface area contributed by atoms with Gasteiger partial charge in [0.05, 0.1) is 17.4 Å². The van der Waals surface area contributed by atoms with Crippen LogP contribution in [0.4, 0.5) is 5.69 Å². The number of anilines is 1. The van der Waals surface area contributed by atoms with Crippen LogP contribution >= 0.6 is 0 Å². The second kappa shape index (κ2) is 4.81. The van der Waals surface area contributed by atoms with Gasteiger partial charge in [0, 0.05) is 31.4 Å². The zero-order valence-electron chi connectivity index (χ0n) is 11.1. The summed E-state index contributed by atoms with van der Waals surface area (Å²) in [6, 6.07) is 2.49. The van der Waals surface area contributed by atoms with Gasteiger partial charge in [-0.05, 0) is 32.4 Å². The monoisotopic (exact) mass is 261 g/mol. The number of nitrogens with zero attached hydrogens (tertiary/aromatic N) is 3. The van der Waals surface area contributed by atoms with Gasteiger partial charge in [0.25, 0.3) is 0 Å². The first kappa shape index (κ1) is 12.4. The molecule has 2 fully saturated rings. The van der Waals surface area contributed by atoms with Crippen molar-refractivity contribution >= 4 is 11.7 Å². The maximum Gasteiger partial charge on any atom is 0.337 e. The Hall–Kier alpha value is -1.62. The predicted molar refractivity (Wildman–Crippen MR) is 72.6 cm³/mol. The van der Waals surface area contributed by atoms with E-state index in [0.29, 0.717) is 17.6 Å². The highest BCUT2D eigenvalue weighted by Gasteiger charge is 2.35. The number of hydrogen-bond acceptors (Lipinski definition) is 4. The zero-order valence-corrected chi connectivity index (χ0v) is 11.1. The Morgan fingerprint density at radius 2 is 2.32 bits per heavy atom. The van der Waals surface area contributed by atoms with Gasteiger partial charge in [-0.2, -0.15) is 0 Å². The van der Waals surface area contributed by atoms with Crippen LogP contribution in [-0.4, -0.2) is 52.7 Å². The van der Waals surface area contributed by atoms with E-state index in [2.05, 4.69) is 21.7 Å². The first-order chi connectivity index (χ1) is 9.16. The molecule has 0 aliphatic carbocycles. The Bertz CT molecular complexity index is 491. The molecule has 2 aliphatic rings. The molecule has 102 valence electrons. The van der Waals surface area contributed by atoms with Crippen molar-refractivity contribution in [3.8, 4) is 0 Å². The summed E-state index contributed by atoms with van der Waals surface area (Å²) in [5.74, 6) is -0.876. The summed E-state index contributed by atoms with van der Waals surface area (Å²) in [6.07, 6.45) is 5.70. The van der Waals surface area contributed by atoms with E-state index in [1.54, 1.807) is 18.5 Å². The zero-order chi connectivity index (χ0) is 13.4. The van der Waals surface area contributed by atoms with Crippen LogP contribution in [0.25, 0.3) is 0 Å². The molecule has 2 unspecified atom stereocenters. The topological polar surface area (TPSA) is 56.7 Å². The second-order valence-corrected chi connectivity index (χ2v) is 5.49. The van der Waals surface area contributed by atoms with Crippen molar-refractivity contribution in [2.45, 2.75) is 31.8 Å². The fourth-order valence-electron chi connectivity index (χ4n) is 3.32. The van der Waals surface area contributed by atoms with Crippen LogP contribution in [0.1, 0.15) is 30.1 Å². The molecule has 0 radical (unpaired) electrons. The van der Waals surface area contributed by atoms with Gasteiger partial charge >= 0.3 is 5.97 Å². The minimum atomic E-state index is -0.876. The number of aromatic carboxylic acids is 1. The van der Waals surface area contributed by atoms with Gasteiger partial charge < -0.3 is 10.0 Å². The van der Waals surface area contributed by atoms with E-state index < -0.39 is 5.97 Å². The molecule has 1 aromatic rings. The summed E-state index contributed by atoms with van der Waals surface area (Å²) in [5.41, 5.74) is 1.11. The molecule has 5 nitrogen and oxygen atoms in total. The molecule has 1 aromatic heterocycles. The number of carboxylic acid groups (broad SMARTS) is 1. The minimum absolute atomic E-state index is 0.330. The maximum atomic E-state index is 11.3. The normalized spacial score (nSPS) is 27.3. The predicted octanol–water partition coefficient (Wildman–Crippen LogP) is 1.45. The van der Waals surface area contributed by atoms with Crippen LogP contribution in [0, 0.1) is 0 Å². The van der Waals surface area contributed by atoms with Crippen molar-refractivity contribution < 1.29 is 9.90 Å². The lowest BCUT2D eigenvalue weighted by atomic mass is 10.1. The number of fused-ring (bicyclic) bond motifs is 1. The molecular formula is C14H19N3O2. The number of carboxylic acids is 1. The quantitative estimate of drug-likeness (QED) is 0.873. The second-order valence-electron chi connectivity index (χ2n) is 5.49. The summed E-state index contributed by atoms with van der Waals surface area (Å²) in [6.45, 7) is 5.26. The van der Waals surface area contributed by atoms with Crippen molar-refractivity contribution in [2.24, 2.45) is 0 Å². The fourth-order valence-corrected chi connectivity index (χ4v) is 3.32. The summed E-state index contributed by atoms with van der Waals surface area (Å²) in [5, 5.41) is 9.31. The van der Waals surface area contributed by atoms with Gasteiger partial charge in [0.2, 0.25) is 0 Å². The van der Waals surface area contributed by atoms with E-state index in [4.69, 9.17) is 0 Å². The summed E-state index contributed by atoms with van der Waals surface area (Å²) in [4.78, 5) is 20.2. The first-order valence-electron chi connectivity index (χ1n) is 6.85.